The van der Waals surface area contributed by atoms with Crippen molar-refractivity contribution in [1.82, 2.24) is 14.5 Å². The highest BCUT2D eigenvalue weighted by Crippen LogP contribution is 2.15. The van der Waals surface area contributed by atoms with Gasteiger partial charge in [0.1, 0.15) is 11.6 Å². The molecular weight excluding hydrogens is 272 g/mol. The van der Waals surface area contributed by atoms with Crippen molar-refractivity contribution in [3.8, 4) is 0 Å². The predicted molar refractivity (Wildman–Crippen MR) is 69.0 cm³/mol. The monoisotopic (exact) mass is 282 g/mol. The molecule has 1 N–H and O–H groups in total. The molecule has 0 saturated carbocycles. The first-order chi connectivity index (χ1) is 9.11. The van der Waals surface area contributed by atoms with Gasteiger partial charge in [0.15, 0.2) is 0 Å². The molecule has 2 rings (SSSR count). The van der Waals surface area contributed by atoms with Crippen molar-refractivity contribution in [2.24, 2.45) is 0 Å². The van der Waals surface area contributed by atoms with Crippen molar-refractivity contribution in [2.45, 2.75) is 6.54 Å². The molecule has 2 aromatic rings. The van der Waals surface area contributed by atoms with E-state index in [9.17, 15) is 9.59 Å². The molecule has 0 fully saturated rings. The average molecular weight is 283 g/mol. The molecule has 0 spiro atoms. The van der Waals surface area contributed by atoms with Gasteiger partial charge in [-0.1, -0.05) is 11.6 Å². The Labute approximate surface area is 113 Å². The van der Waals surface area contributed by atoms with Crippen LogP contribution in [-0.2, 0) is 16.1 Å². The Morgan fingerprint density at radius 2 is 2.16 bits per heavy atom. The van der Waals surface area contributed by atoms with E-state index < -0.39 is 11.5 Å². The first-order valence-electron chi connectivity index (χ1n) is 5.34. The van der Waals surface area contributed by atoms with Gasteiger partial charge >= 0.3 is 5.97 Å². The van der Waals surface area contributed by atoms with Crippen molar-refractivity contribution in [2.75, 3.05) is 12.5 Å². The highest BCUT2D eigenvalue weighted by atomic mass is 35.5. The van der Waals surface area contributed by atoms with Crippen LogP contribution in [0.3, 0.4) is 0 Å². The maximum Gasteiger partial charge on any atom is 0.327 e. The molecule has 0 aliphatic rings. The fourth-order valence-corrected chi connectivity index (χ4v) is 1.58. The number of anilines is 1. The molecule has 0 aliphatic heterocycles. The summed E-state index contributed by atoms with van der Waals surface area (Å²) in [5, 5.41) is 3.80. The summed E-state index contributed by atoms with van der Waals surface area (Å²) in [5.41, 5.74) is 2.67. The molecule has 0 unspecified atom stereocenters. The van der Waals surface area contributed by atoms with Crippen LogP contribution >= 0.6 is 11.6 Å². The minimum absolute atomic E-state index is 0.0485. The Kier molecular flexibility index (Phi) is 3.86. The Bertz CT molecular complexity index is 636. The quantitative estimate of drug-likeness (QED) is 0.837. The standard InChI is InChI=1S/C11H11ClN4O3/c1-19-9(17)7-16-11(18)10(12)8(6-13-16)14-15-4-2-3-5-15/h2-6,14H,7H2,1H3. The normalized spacial score (nSPS) is 10.2. The van der Waals surface area contributed by atoms with Crippen molar-refractivity contribution in [1.29, 1.82) is 0 Å². The second-order valence-electron chi connectivity index (χ2n) is 3.61. The average Bonchev–Trinajstić information content (AvgIpc) is 2.91. The Morgan fingerprint density at radius 1 is 1.47 bits per heavy atom. The third-order valence-corrected chi connectivity index (χ3v) is 2.71. The third-order valence-electron chi connectivity index (χ3n) is 2.35. The summed E-state index contributed by atoms with van der Waals surface area (Å²) < 4.78 is 7.02. The van der Waals surface area contributed by atoms with Gasteiger partial charge < -0.3 is 4.74 Å². The smallest absolute Gasteiger partial charge is 0.327 e. The van der Waals surface area contributed by atoms with Crippen LogP contribution in [0.25, 0.3) is 0 Å². The summed E-state index contributed by atoms with van der Waals surface area (Å²) in [4.78, 5) is 23.0. The van der Waals surface area contributed by atoms with E-state index >= 15 is 0 Å². The topological polar surface area (TPSA) is 78.2 Å². The van der Waals surface area contributed by atoms with Gasteiger partial charge in [0.25, 0.3) is 5.56 Å². The van der Waals surface area contributed by atoms with E-state index in [4.69, 9.17) is 11.6 Å². The van der Waals surface area contributed by atoms with Gasteiger partial charge in [0, 0.05) is 12.4 Å². The number of carbonyl (C=O) groups excluding carboxylic acids is 1. The van der Waals surface area contributed by atoms with E-state index in [2.05, 4.69) is 15.3 Å². The lowest BCUT2D eigenvalue weighted by Gasteiger charge is -2.10. The Balaban J connectivity index is 2.27. The molecule has 7 nitrogen and oxygen atoms in total. The van der Waals surface area contributed by atoms with Gasteiger partial charge in [-0.25, -0.2) is 4.68 Å². The summed E-state index contributed by atoms with van der Waals surface area (Å²) in [7, 11) is 1.23. The maximum atomic E-state index is 11.9. The van der Waals surface area contributed by atoms with Crippen LogP contribution in [0.1, 0.15) is 0 Å². The summed E-state index contributed by atoms with van der Waals surface area (Å²) >= 11 is 5.94. The highest BCUT2D eigenvalue weighted by Gasteiger charge is 2.12. The van der Waals surface area contributed by atoms with E-state index in [1.54, 1.807) is 17.1 Å². The minimum Gasteiger partial charge on any atom is -0.468 e. The molecular formula is C11H11ClN4O3. The first-order valence-corrected chi connectivity index (χ1v) is 5.72. The number of aromatic nitrogens is 3. The van der Waals surface area contributed by atoms with Crippen molar-refractivity contribution < 1.29 is 9.53 Å². The van der Waals surface area contributed by atoms with Crippen LogP contribution in [-0.4, -0.2) is 27.5 Å². The van der Waals surface area contributed by atoms with Crippen LogP contribution in [0, 0.1) is 0 Å². The number of nitrogens with zero attached hydrogens (tertiary/aromatic N) is 3. The van der Waals surface area contributed by atoms with Crippen LogP contribution in [0.15, 0.2) is 35.5 Å². The number of carbonyl (C=O) groups is 1. The highest BCUT2D eigenvalue weighted by molar-refractivity contribution is 6.32. The van der Waals surface area contributed by atoms with Gasteiger partial charge in [-0.05, 0) is 12.1 Å². The third kappa shape index (κ3) is 2.94. The fraction of sp³-hybridized carbons (Fsp3) is 0.182. The molecule has 0 saturated heterocycles. The van der Waals surface area contributed by atoms with Crippen molar-refractivity contribution in [3.63, 3.8) is 0 Å². The maximum absolute atomic E-state index is 11.9. The Hall–Kier alpha value is -2.28. The predicted octanol–water partition coefficient (Wildman–Crippen LogP) is 0.746. The molecule has 0 aliphatic carbocycles. The van der Waals surface area contributed by atoms with Gasteiger partial charge in [0.2, 0.25) is 0 Å². The first kappa shape index (κ1) is 13.2. The fourth-order valence-electron chi connectivity index (χ4n) is 1.39. The molecule has 0 aromatic carbocycles. The summed E-state index contributed by atoms with van der Waals surface area (Å²) in [6, 6.07) is 3.62. The van der Waals surface area contributed by atoms with Crippen LogP contribution in [0.5, 0.6) is 0 Å². The van der Waals surface area contributed by atoms with Gasteiger partial charge in [-0.15, -0.1) is 0 Å². The number of nitrogens with one attached hydrogen (secondary N) is 1. The molecule has 0 radical (unpaired) electrons. The van der Waals surface area contributed by atoms with Crippen molar-refractivity contribution in [3.05, 3.63) is 46.1 Å². The van der Waals surface area contributed by atoms with Gasteiger partial charge in [-0.3, -0.25) is 19.7 Å². The largest absolute Gasteiger partial charge is 0.468 e. The van der Waals surface area contributed by atoms with E-state index in [1.807, 2.05) is 12.1 Å². The number of halogens is 1. The van der Waals surface area contributed by atoms with Gasteiger partial charge in [0.05, 0.1) is 19.0 Å². The molecule has 0 amide bonds. The lowest BCUT2D eigenvalue weighted by atomic mass is 10.4. The summed E-state index contributed by atoms with van der Waals surface area (Å²) in [6.45, 7) is -0.279. The zero-order valence-corrected chi connectivity index (χ0v) is 10.8. The lowest BCUT2D eigenvalue weighted by molar-refractivity contribution is -0.141. The number of ether oxygens (including phenoxy) is 1. The number of esters is 1. The second-order valence-corrected chi connectivity index (χ2v) is 3.99. The Morgan fingerprint density at radius 3 is 2.79 bits per heavy atom. The summed E-state index contributed by atoms with van der Waals surface area (Å²) in [5.74, 6) is -0.572. The van der Waals surface area contributed by atoms with E-state index in [0.29, 0.717) is 5.69 Å². The molecule has 2 heterocycles. The van der Waals surface area contributed by atoms with Crippen LogP contribution in [0.4, 0.5) is 5.69 Å². The zero-order chi connectivity index (χ0) is 13.8. The molecule has 100 valence electrons. The SMILES string of the molecule is COC(=O)Cn1ncc(Nn2cccc2)c(Cl)c1=O. The molecule has 19 heavy (non-hydrogen) atoms. The molecule has 2 aromatic heterocycles. The molecule has 0 bridgehead atoms. The van der Waals surface area contributed by atoms with Crippen molar-refractivity contribution >= 4 is 23.3 Å². The van der Waals surface area contributed by atoms with Crippen LogP contribution < -0.4 is 11.0 Å². The summed E-state index contributed by atoms with van der Waals surface area (Å²) in [6.07, 6.45) is 4.86. The van der Waals surface area contributed by atoms with Gasteiger partial charge in [-0.2, -0.15) is 5.10 Å². The van der Waals surface area contributed by atoms with E-state index in [-0.39, 0.29) is 11.6 Å². The van der Waals surface area contributed by atoms with E-state index in [1.165, 1.54) is 13.3 Å². The van der Waals surface area contributed by atoms with Crippen LogP contribution in [0.2, 0.25) is 5.02 Å². The molecule has 0 atom stereocenters. The van der Waals surface area contributed by atoms with E-state index in [0.717, 1.165) is 4.68 Å². The zero-order valence-electron chi connectivity index (χ0n) is 10.0. The number of hydrogen-bond donors (Lipinski definition) is 1. The minimum atomic E-state index is -0.572. The number of methoxy groups -OCH3 is 1. The number of rotatable bonds is 4. The second kappa shape index (κ2) is 5.57. The number of hydrogen-bond acceptors (Lipinski definition) is 5. The lowest BCUT2D eigenvalue weighted by Crippen LogP contribution is -2.28. The molecule has 8 heteroatoms.